The molecule has 0 amide bonds. The highest BCUT2D eigenvalue weighted by Gasteiger charge is 2.26. The maximum atomic E-state index is 12.3. The summed E-state index contributed by atoms with van der Waals surface area (Å²) in [5.74, 6) is 0.0819. The molecule has 0 unspecified atom stereocenters. The van der Waals surface area contributed by atoms with Gasteiger partial charge in [-0.3, -0.25) is 9.13 Å². The quantitative estimate of drug-likeness (QED) is 0.446. The summed E-state index contributed by atoms with van der Waals surface area (Å²) < 4.78 is 8.79. The fourth-order valence-electron chi connectivity index (χ4n) is 3.65. The molecule has 5 heteroatoms. The zero-order valence-electron chi connectivity index (χ0n) is 17.4. The lowest BCUT2D eigenvalue weighted by molar-refractivity contribution is 0.119. The Morgan fingerprint density at radius 3 is 2.19 bits per heavy atom. The number of aromatic nitrogens is 2. The van der Waals surface area contributed by atoms with Crippen LogP contribution in [-0.4, -0.2) is 27.5 Å². The average Bonchev–Trinajstić information content (AvgIpc) is 2.93. The van der Waals surface area contributed by atoms with Crippen molar-refractivity contribution in [2.24, 2.45) is 5.41 Å². The predicted molar refractivity (Wildman–Crippen MR) is 108 cm³/mol. The van der Waals surface area contributed by atoms with Crippen LogP contribution in [0.1, 0.15) is 85.5 Å². The van der Waals surface area contributed by atoms with E-state index in [0.29, 0.717) is 13.1 Å². The number of aryl methyl sites for hydroxylation is 1. The van der Waals surface area contributed by atoms with Crippen LogP contribution >= 0.6 is 0 Å². The Labute approximate surface area is 159 Å². The number of hydrogen-bond donors (Lipinski definition) is 1. The van der Waals surface area contributed by atoms with E-state index in [-0.39, 0.29) is 17.0 Å². The van der Waals surface area contributed by atoms with Crippen LogP contribution in [-0.2, 0) is 17.8 Å². The zero-order chi connectivity index (χ0) is 19.4. The van der Waals surface area contributed by atoms with E-state index in [0.717, 1.165) is 51.7 Å². The van der Waals surface area contributed by atoms with E-state index in [1.807, 2.05) is 6.92 Å². The van der Waals surface area contributed by atoms with Crippen LogP contribution in [0.4, 0.5) is 0 Å². The van der Waals surface area contributed by atoms with Gasteiger partial charge in [0.25, 0.3) is 0 Å². The lowest BCUT2D eigenvalue weighted by Gasteiger charge is -2.32. The Bertz CT molecular complexity index is 544. The van der Waals surface area contributed by atoms with Crippen molar-refractivity contribution in [2.75, 3.05) is 13.2 Å². The maximum Gasteiger partial charge on any atom is 0.331 e. The molecule has 0 aliphatic rings. The van der Waals surface area contributed by atoms with E-state index < -0.39 is 0 Å². The third kappa shape index (κ3) is 6.82. The molecule has 0 fully saturated rings. The minimum absolute atomic E-state index is 0.0819. The fourth-order valence-corrected chi connectivity index (χ4v) is 3.65. The molecule has 0 aromatic carbocycles. The van der Waals surface area contributed by atoms with Gasteiger partial charge in [0.15, 0.2) is 0 Å². The molecule has 0 saturated carbocycles. The van der Waals surface area contributed by atoms with Gasteiger partial charge in [0.1, 0.15) is 0 Å². The molecule has 5 nitrogen and oxygen atoms in total. The molecule has 152 valence electrons. The van der Waals surface area contributed by atoms with Gasteiger partial charge in [-0.2, -0.15) is 0 Å². The maximum absolute atomic E-state index is 12.3. The molecule has 0 atom stereocenters. The Hall–Kier alpha value is -1.23. The lowest BCUT2D eigenvalue weighted by Crippen LogP contribution is -2.27. The van der Waals surface area contributed by atoms with E-state index in [4.69, 9.17) is 4.74 Å². The van der Waals surface area contributed by atoms with Gasteiger partial charge in [-0.1, -0.05) is 52.9 Å². The standard InChI is InChI=1S/C21H40N2O3/c1-5-9-11-16-26-17-12-10-13-21(6-2,7-3)14-15-23-19(24)18-22(8-4)20(23)25/h18,24H,5-17H2,1-4H3. The largest absolute Gasteiger partial charge is 0.493 e. The monoisotopic (exact) mass is 368 g/mol. The minimum atomic E-state index is -0.105. The molecule has 0 radical (unpaired) electrons. The normalized spacial score (nSPS) is 12.0. The van der Waals surface area contributed by atoms with Crippen LogP contribution in [0.15, 0.2) is 11.0 Å². The zero-order valence-corrected chi connectivity index (χ0v) is 17.4. The van der Waals surface area contributed by atoms with Crippen molar-refractivity contribution in [3.8, 4) is 5.88 Å². The van der Waals surface area contributed by atoms with Gasteiger partial charge < -0.3 is 9.84 Å². The van der Waals surface area contributed by atoms with Gasteiger partial charge in [0, 0.05) is 26.3 Å². The first-order chi connectivity index (χ1) is 12.5. The van der Waals surface area contributed by atoms with Crippen LogP contribution in [0.5, 0.6) is 5.88 Å². The minimum Gasteiger partial charge on any atom is -0.493 e. The predicted octanol–water partition coefficient (Wildman–Crippen LogP) is 4.95. The Balaban J connectivity index is 2.46. The number of hydrogen-bond acceptors (Lipinski definition) is 3. The van der Waals surface area contributed by atoms with E-state index in [1.165, 1.54) is 30.0 Å². The molecule has 1 rings (SSSR count). The van der Waals surface area contributed by atoms with Gasteiger partial charge in [0.2, 0.25) is 5.88 Å². The molecule has 26 heavy (non-hydrogen) atoms. The summed E-state index contributed by atoms with van der Waals surface area (Å²) in [7, 11) is 0. The highest BCUT2D eigenvalue weighted by Crippen LogP contribution is 2.37. The molecule has 0 bridgehead atoms. The Morgan fingerprint density at radius 2 is 1.65 bits per heavy atom. The highest BCUT2D eigenvalue weighted by atomic mass is 16.5. The fraction of sp³-hybridized carbons (Fsp3) is 0.857. The highest BCUT2D eigenvalue weighted by molar-refractivity contribution is 5.05. The van der Waals surface area contributed by atoms with Gasteiger partial charge >= 0.3 is 5.69 Å². The van der Waals surface area contributed by atoms with Gasteiger partial charge in [-0.25, -0.2) is 4.79 Å². The van der Waals surface area contributed by atoms with E-state index >= 15 is 0 Å². The molecule has 0 aliphatic carbocycles. The number of ether oxygens (including phenoxy) is 1. The van der Waals surface area contributed by atoms with Crippen molar-refractivity contribution in [2.45, 2.75) is 98.6 Å². The topological polar surface area (TPSA) is 56.4 Å². The van der Waals surface area contributed by atoms with Crippen LogP contribution in [0, 0.1) is 5.41 Å². The molecule has 1 N–H and O–H groups in total. The van der Waals surface area contributed by atoms with Crippen molar-refractivity contribution >= 4 is 0 Å². The van der Waals surface area contributed by atoms with Crippen molar-refractivity contribution < 1.29 is 9.84 Å². The first-order valence-electron chi connectivity index (χ1n) is 10.6. The first kappa shape index (κ1) is 22.8. The molecule has 0 aliphatic heterocycles. The lowest BCUT2D eigenvalue weighted by atomic mass is 9.75. The second-order valence-electron chi connectivity index (χ2n) is 7.44. The summed E-state index contributed by atoms with van der Waals surface area (Å²) in [6.45, 7) is 11.5. The van der Waals surface area contributed by atoms with Crippen molar-refractivity contribution in [3.63, 3.8) is 0 Å². The molecule has 0 saturated heterocycles. The first-order valence-corrected chi connectivity index (χ1v) is 10.6. The smallest absolute Gasteiger partial charge is 0.331 e. The van der Waals surface area contributed by atoms with E-state index in [2.05, 4.69) is 20.8 Å². The SMILES string of the molecule is CCCCCOCCCCC(CC)(CC)CCn1c(O)cn(CC)c1=O. The average molecular weight is 369 g/mol. The van der Waals surface area contributed by atoms with Gasteiger partial charge in [-0.05, 0) is 38.0 Å². The number of unbranched alkanes of at least 4 members (excludes halogenated alkanes) is 3. The second kappa shape index (κ2) is 12.2. The second-order valence-corrected chi connectivity index (χ2v) is 7.44. The summed E-state index contributed by atoms with van der Waals surface area (Å²) in [5.41, 5.74) is 0.133. The van der Waals surface area contributed by atoms with E-state index in [1.54, 1.807) is 4.57 Å². The number of aromatic hydroxyl groups is 1. The third-order valence-corrected chi connectivity index (χ3v) is 5.87. The number of nitrogens with zero attached hydrogens (tertiary/aromatic N) is 2. The number of rotatable bonds is 15. The van der Waals surface area contributed by atoms with Crippen LogP contribution in [0.3, 0.4) is 0 Å². The van der Waals surface area contributed by atoms with Crippen LogP contribution in [0.25, 0.3) is 0 Å². The van der Waals surface area contributed by atoms with Crippen molar-refractivity contribution in [3.05, 3.63) is 16.7 Å². The van der Waals surface area contributed by atoms with Gasteiger partial charge in [0.05, 0.1) is 6.20 Å². The van der Waals surface area contributed by atoms with E-state index in [9.17, 15) is 9.90 Å². The van der Waals surface area contributed by atoms with Crippen LogP contribution in [0.2, 0.25) is 0 Å². The van der Waals surface area contributed by atoms with Gasteiger partial charge in [-0.15, -0.1) is 0 Å². The molecular weight excluding hydrogens is 328 g/mol. The Kier molecular flexibility index (Phi) is 10.7. The van der Waals surface area contributed by atoms with Crippen LogP contribution < -0.4 is 5.69 Å². The summed E-state index contributed by atoms with van der Waals surface area (Å²) in [4.78, 5) is 12.3. The molecule has 1 aromatic heterocycles. The Morgan fingerprint density at radius 1 is 1.00 bits per heavy atom. The molecule has 1 heterocycles. The van der Waals surface area contributed by atoms with Crippen molar-refractivity contribution in [1.82, 2.24) is 9.13 Å². The van der Waals surface area contributed by atoms with Crippen molar-refractivity contribution in [1.29, 1.82) is 0 Å². The number of imidazole rings is 1. The summed E-state index contributed by atoms with van der Waals surface area (Å²) in [6.07, 6.45) is 11.7. The molecular formula is C21H40N2O3. The third-order valence-electron chi connectivity index (χ3n) is 5.87. The summed E-state index contributed by atoms with van der Waals surface area (Å²) >= 11 is 0. The molecule has 1 aromatic rings. The summed E-state index contributed by atoms with van der Waals surface area (Å²) in [6, 6.07) is 0. The molecule has 0 spiro atoms. The summed E-state index contributed by atoms with van der Waals surface area (Å²) in [5, 5.41) is 10.0.